The predicted octanol–water partition coefficient (Wildman–Crippen LogP) is 0.213. The molecule has 4 heteroatoms. The summed E-state index contributed by atoms with van der Waals surface area (Å²) in [7, 11) is 0. The average Bonchev–Trinajstić information content (AvgIpc) is 2.05. The molecule has 60 valence electrons. The maximum atomic E-state index is 12.3. The number of rotatable bonds is 2. The van der Waals surface area contributed by atoms with Gasteiger partial charge in [0.25, 0.3) is 0 Å². The monoisotopic (exact) mass is 156 g/mol. The number of aliphatic hydroxyl groups is 1. The predicted molar refractivity (Wildman–Crippen MR) is 38.2 cm³/mol. The van der Waals surface area contributed by atoms with Crippen LogP contribution in [0.2, 0.25) is 0 Å². The Hall–Kier alpha value is -1.00. The van der Waals surface area contributed by atoms with E-state index < -0.39 is 11.9 Å². The fourth-order valence-corrected chi connectivity index (χ4v) is 0.705. The van der Waals surface area contributed by atoms with Crippen molar-refractivity contribution in [3.63, 3.8) is 0 Å². The summed E-state index contributed by atoms with van der Waals surface area (Å²) in [5.41, 5.74) is 5.56. The molecule has 0 fully saturated rings. The highest BCUT2D eigenvalue weighted by Crippen LogP contribution is 2.07. The van der Waals surface area contributed by atoms with E-state index in [1.165, 1.54) is 12.1 Å². The van der Waals surface area contributed by atoms with E-state index in [1.807, 2.05) is 0 Å². The molecular formula is C7H9FN2O. The first-order valence-electron chi connectivity index (χ1n) is 3.23. The molecule has 0 radical (unpaired) electrons. The van der Waals surface area contributed by atoms with Crippen LogP contribution in [-0.2, 0) is 0 Å². The van der Waals surface area contributed by atoms with E-state index >= 15 is 0 Å². The van der Waals surface area contributed by atoms with E-state index in [4.69, 9.17) is 10.8 Å². The van der Waals surface area contributed by atoms with Crippen molar-refractivity contribution >= 4 is 0 Å². The van der Waals surface area contributed by atoms with Gasteiger partial charge in [-0.2, -0.15) is 0 Å². The molecule has 1 rings (SSSR count). The van der Waals surface area contributed by atoms with E-state index in [9.17, 15) is 4.39 Å². The number of pyridine rings is 1. The highest BCUT2D eigenvalue weighted by atomic mass is 19.1. The molecule has 11 heavy (non-hydrogen) atoms. The lowest BCUT2D eigenvalue weighted by molar-refractivity contribution is 0.181. The Morgan fingerprint density at radius 2 is 2.36 bits per heavy atom. The molecule has 3 N–H and O–H groups in total. The Labute approximate surface area is 63.7 Å². The Morgan fingerprint density at radius 1 is 1.64 bits per heavy atom. The van der Waals surface area contributed by atoms with E-state index in [-0.39, 0.29) is 6.54 Å². The number of nitrogens with zero attached hydrogens (tertiary/aromatic N) is 1. The van der Waals surface area contributed by atoms with Crippen LogP contribution in [0.4, 0.5) is 4.39 Å². The quantitative estimate of drug-likeness (QED) is 0.643. The van der Waals surface area contributed by atoms with Gasteiger partial charge in [-0.3, -0.25) is 4.98 Å². The van der Waals surface area contributed by atoms with Gasteiger partial charge in [-0.25, -0.2) is 4.39 Å². The molecule has 0 unspecified atom stereocenters. The molecule has 1 aromatic heterocycles. The van der Waals surface area contributed by atoms with E-state index in [0.717, 1.165) is 6.20 Å². The summed E-state index contributed by atoms with van der Waals surface area (Å²) in [5, 5.41) is 9.11. The molecule has 0 aliphatic carbocycles. The van der Waals surface area contributed by atoms with Gasteiger partial charge in [0.05, 0.1) is 11.9 Å². The summed E-state index contributed by atoms with van der Waals surface area (Å²) >= 11 is 0. The van der Waals surface area contributed by atoms with Crippen LogP contribution in [0.1, 0.15) is 11.8 Å². The zero-order valence-corrected chi connectivity index (χ0v) is 5.87. The lowest BCUT2D eigenvalue weighted by Gasteiger charge is -2.04. The SMILES string of the molecule is NC[C@@H](O)c1ccc(F)cn1. The molecule has 0 saturated heterocycles. The van der Waals surface area contributed by atoms with Crippen molar-refractivity contribution < 1.29 is 9.50 Å². The number of hydrogen-bond acceptors (Lipinski definition) is 3. The van der Waals surface area contributed by atoms with Gasteiger partial charge in [-0.15, -0.1) is 0 Å². The van der Waals surface area contributed by atoms with Gasteiger partial charge in [0, 0.05) is 6.54 Å². The molecule has 0 amide bonds. The van der Waals surface area contributed by atoms with Crippen LogP contribution >= 0.6 is 0 Å². The minimum Gasteiger partial charge on any atom is -0.385 e. The van der Waals surface area contributed by atoms with E-state index in [2.05, 4.69) is 4.98 Å². The van der Waals surface area contributed by atoms with Crippen LogP contribution in [-0.4, -0.2) is 16.6 Å². The first-order chi connectivity index (χ1) is 5.24. The largest absolute Gasteiger partial charge is 0.385 e. The summed E-state index contributed by atoms with van der Waals surface area (Å²) in [4.78, 5) is 3.64. The third-order valence-corrected chi connectivity index (χ3v) is 1.31. The van der Waals surface area contributed by atoms with Gasteiger partial charge in [-0.05, 0) is 12.1 Å². The minimum absolute atomic E-state index is 0.0959. The van der Waals surface area contributed by atoms with Gasteiger partial charge in [0.1, 0.15) is 11.9 Å². The van der Waals surface area contributed by atoms with Gasteiger partial charge < -0.3 is 10.8 Å². The van der Waals surface area contributed by atoms with E-state index in [0.29, 0.717) is 5.69 Å². The number of nitrogens with two attached hydrogens (primary N) is 1. The molecule has 3 nitrogen and oxygen atoms in total. The van der Waals surface area contributed by atoms with E-state index in [1.54, 1.807) is 0 Å². The van der Waals surface area contributed by atoms with Crippen LogP contribution in [0, 0.1) is 5.82 Å². The van der Waals surface area contributed by atoms with Crippen LogP contribution in [0.5, 0.6) is 0 Å². The second kappa shape index (κ2) is 3.41. The van der Waals surface area contributed by atoms with Crippen molar-refractivity contribution in [2.24, 2.45) is 5.73 Å². The fourth-order valence-electron chi connectivity index (χ4n) is 0.705. The zero-order chi connectivity index (χ0) is 8.27. The lowest BCUT2D eigenvalue weighted by atomic mass is 10.2. The molecule has 0 bridgehead atoms. The molecule has 0 saturated carbocycles. The topological polar surface area (TPSA) is 59.1 Å². The number of aromatic nitrogens is 1. The van der Waals surface area contributed by atoms with Crippen molar-refractivity contribution in [2.75, 3.05) is 6.54 Å². The molecule has 1 heterocycles. The van der Waals surface area contributed by atoms with Crippen LogP contribution in [0.25, 0.3) is 0 Å². The Kier molecular flexibility index (Phi) is 2.51. The van der Waals surface area contributed by atoms with Crippen molar-refractivity contribution in [3.8, 4) is 0 Å². The summed E-state index contributed by atoms with van der Waals surface area (Å²) in [6.45, 7) is 0.0959. The van der Waals surface area contributed by atoms with Crippen LogP contribution in [0.3, 0.4) is 0 Å². The van der Waals surface area contributed by atoms with Gasteiger partial charge in [-0.1, -0.05) is 0 Å². The average molecular weight is 156 g/mol. The highest BCUT2D eigenvalue weighted by molar-refractivity contribution is 5.08. The first-order valence-corrected chi connectivity index (χ1v) is 3.23. The van der Waals surface area contributed by atoms with Gasteiger partial charge in [0.15, 0.2) is 0 Å². The smallest absolute Gasteiger partial charge is 0.141 e. The first kappa shape index (κ1) is 8.10. The minimum atomic E-state index is -0.796. The standard InChI is InChI=1S/C7H9FN2O/c8-5-1-2-6(10-4-5)7(11)3-9/h1-2,4,7,11H,3,9H2/t7-/m1/s1. The van der Waals surface area contributed by atoms with Crippen molar-refractivity contribution in [1.82, 2.24) is 4.98 Å². The van der Waals surface area contributed by atoms with Crippen molar-refractivity contribution in [3.05, 3.63) is 29.8 Å². The maximum absolute atomic E-state index is 12.3. The Balaban J connectivity index is 2.81. The lowest BCUT2D eigenvalue weighted by Crippen LogP contribution is -2.12. The van der Waals surface area contributed by atoms with Crippen molar-refractivity contribution in [1.29, 1.82) is 0 Å². The summed E-state index contributed by atoms with van der Waals surface area (Å²) in [5.74, 6) is -0.419. The summed E-state index contributed by atoms with van der Waals surface area (Å²) in [6, 6.07) is 2.65. The molecule has 0 aliphatic rings. The number of hydrogen-bond donors (Lipinski definition) is 2. The summed E-state index contributed by atoms with van der Waals surface area (Å²) in [6.07, 6.45) is 0.254. The fraction of sp³-hybridized carbons (Fsp3) is 0.286. The number of halogens is 1. The van der Waals surface area contributed by atoms with Gasteiger partial charge >= 0.3 is 0 Å². The van der Waals surface area contributed by atoms with Crippen LogP contribution < -0.4 is 5.73 Å². The molecular weight excluding hydrogens is 147 g/mol. The Bertz CT molecular complexity index is 224. The second-order valence-corrected chi connectivity index (χ2v) is 2.15. The molecule has 0 aliphatic heterocycles. The highest BCUT2D eigenvalue weighted by Gasteiger charge is 2.05. The molecule has 0 spiro atoms. The van der Waals surface area contributed by atoms with Crippen LogP contribution in [0.15, 0.2) is 18.3 Å². The van der Waals surface area contributed by atoms with Gasteiger partial charge in [0.2, 0.25) is 0 Å². The molecule has 0 aromatic carbocycles. The third-order valence-electron chi connectivity index (χ3n) is 1.31. The second-order valence-electron chi connectivity index (χ2n) is 2.15. The Morgan fingerprint density at radius 3 is 2.82 bits per heavy atom. The normalized spacial score (nSPS) is 13.0. The van der Waals surface area contributed by atoms with Crippen molar-refractivity contribution in [2.45, 2.75) is 6.10 Å². The molecule has 1 atom stereocenters. The molecule has 1 aromatic rings. The third kappa shape index (κ3) is 1.96. The summed E-state index contributed by atoms with van der Waals surface area (Å²) < 4.78 is 12.3. The number of aliphatic hydroxyl groups excluding tert-OH is 1. The zero-order valence-electron chi connectivity index (χ0n) is 5.87. The maximum Gasteiger partial charge on any atom is 0.141 e.